The number of aryl methyl sites for hydroxylation is 1. The van der Waals surface area contributed by atoms with E-state index in [2.05, 4.69) is 5.32 Å². The molecular weight excluding hydrogens is 494 g/mol. The summed E-state index contributed by atoms with van der Waals surface area (Å²) in [6.07, 6.45) is 1.39. The second-order valence-electron chi connectivity index (χ2n) is 7.69. The fourth-order valence-corrected chi connectivity index (χ4v) is 4.38. The van der Waals surface area contributed by atoms with Gasteiger partial charge in [0.05, 0.1) is 9.83 Å². The summed E-state index contributed by atoms with van der Waals surface area (Å²) in [7, 11) is 0. The normalized spacial score (nSPS) is 14.6. The average Bonchev–Trinajstić information content (AvgIpc) is 3.37. The summed E-state index contributed by atoms with van der Waals surface area (Å²) in [5.74, 6) is -0.519. The Bertz CT molecular complexity index is 1410. The molecule has 2 aromatic carbocycles. The smallest absolute Gasteiger partial charge is 0.294 e. The largest absolute Gasteiger partial charge is 0.457 e. The maximum Gasteiger partial charge on any atom is 0.294 e. The number of imide groups is 1. The predicted molar refractivity (Wildman–Crippen MR) is 133 cm³/mol. The lowest BCUT2D eigenvalue weighted by Crippen LogP contribution is -2.36. The molecule has 178 valence electrons. The molecule has 1 aliphatic rings. The van der Waals surface area contributed by atoms with Crippen LogP contribution in [0.25, 0.3) is 17.4 Å². The quantitative estimate of drug-likeness (QED) is 0.252. The monoisotopic (exact) mass is 511 g/mol. The summed E-state index contributed by atoms with van der Waals surface area (Å²) >= 11 is 6.55. The number of halogens is 1. The van der Waals surface area contributed by atoms with Gasteiger partial charge in [-0.2, -0.15) is 0 Å². The Morgan fingerprint density at radius 1 is 1.20 bits per heavy atom. The highest BCUT2D eigenvalue weighted by Crippen LogP contribution is 2.35. The number of benzene rings is 2. The molecule has 3 aromatic rings. The van der Waals surface area contributed by atoms with Crippen molar-refractivity contribution in [2.24, 2.45) is 0 Å². The molecule has 0 aliphatic carbocycles. The maximum absolute atomic E-state index is 12.8. The van der Waals surface area contributed by atoms with Gasteiger partial charge in [0.15, 0.2) is 0 Å². The first kappa shape index (κ1) is 24.2. The van der Waals surface area contributed by atoms with Gasteiger partial charge in [-0.25, -0.2) is 0 Å². The van der Waals surface area contributed by atoms with Crippen LogP contribution in [0.1, 0.15) is 16.9 Å². The first-order valence-electron chi connectivity index (χ1n) is 10.3. The molecule has 11 heteroatoms. The lowest BCUT2D eigenvalue weighted by atomic mass is 10.1. The Labute approximate surface area is 208 Å². The fourth-order valence-electron chi connectivity index (χ4n) is 3.38. The Morgan fingerprint density at radius 2 is 1.97 bits per heavy atom. The lowest BCUT2D eigenvalue weighted by molar-refractivity contribution is -0.384. The molecule has 0 atom stereocenters. The number of hydrogen-bond donors (Lipinski definition) is 1. The molecule has 4 rings (SSSR count). The molecule has 9 nitrogen and oxygen atoms in total. The number of amides is 3. The Kier molecular flexibility index (Phi) is 6.77. The highest BCUT2D eigenvalue weighted by atomic mass is 35.5. The summed E-state index contributed by atoms with van der Waals surface area (Å²) in [6.45, 7) is 3.36. The second kappa shape index (κ2) is 9.77. The zero-order chi connectivity index (χ0) is 25.3. The van der Waals surface area contributed by atoms with Gasteiger partial charge in [0.25, 0.3) is 16.8 Å². The molecule has 35 heavy (non-hydrogen) atoms. The van der Waals surface area contributed by atoms with E-state index >= 15 is 0 Å². The van der Waals surface area contributed by atoms with Crippen LogP contribution in [0.3, 0.4) is 0 Å². The summed E-state index contributed by atoms with van der Waals surface area (Å²) in [5.41, 5.74) is 2.68. The number of thioether (sulfide) groups is 1. The third kappa shape index (κ3) is 5.13. The van der Waals surface area contributed by atoms with Crippen molar-refractivity contribution in [2.75, 3.05) is 11.9 Å². The summed E-state index contributed by atoms with van der Waals surface area (Å²) < 4.78 is 5.69. The van der Waals surface area contributed by atoms with Gasteiger partial charge in [-0.05, 0) is 67.1 Å². The van der Waals surface area contributed by atoms with Crippen molar-refractivity contribution in [2.45, 2.75) is 13.8 Å². The number of nitrogens with one attached hydrogen (secondary N) is 1. The van der Waals surface area contributed by atoms with Crippen molar-refractivity contribution in [3.8, 4) is 11.3 Å². The number of furan rings is 1. The Morgan fingerprint density at radius 3 is 2.71 bits per heavy atom. The molecule has 1 aliphatic heterocycles. The lowest BCUT2D eigenvalue weighted by Gasteiger charge is -2.14. The van der Waals surface area contributed by atoms with Crippen LogP contribution in [-0.2, 0) is 9.59 Å². The minimum absolute atomic E-state index is 0.000741. The SMILES string of the molecule is Cc1cccc(NC(=O)CN2C(=O)S/C(=C/c3ccc(-c4ccc(Cl)c([N+](=O)[O-])c4)o3)C2=O)c1C. The summed E-state index contributed by atoms with van der Waals surface area (Å²) in [6, 6.07) is 12.9. The van der Waals surface area contributed by atoms with Crippen LogP contribution in [0.2, 0.25) is 5.02 Å². The summed E-state index contributed by atoms with van der Waals surface area (Å²) in [4.78, 5) is 49.1. The third-order valence-corrected chi connectivity index (χ3v) is 6.61. The molecule has 1 aromatic heterocycles. The van der Waals surface area contributed by atoms with Crippen molar-refractivity contribution < 1.29 is 23.7 Å². The zero-order valence-corrected chi connectivity index (χ0v) is 20.1. The van der Waals surface area contributed by atoms with E-state index in [1.54, 1.807) is 30.3 Å². The summed E-state index contributed by atoms with van der Waals surface area (Å²) in [5, 5.41) is 13.3. The minimum Gasteiger partial charge on any atom is -0.457 e. The average molecular weight is 512 g/mol. The maximum atomic E-state index is 12.8. The third-order valence-electron chi connectivity index (χ3n) is 5.38. The van der Waals surface area contributed by atoms with E-state index in [0.717, 1.165) is 16.0 Å². The molecule has 1 N–H and O–H groups in total. The van der Waals surface area contributed by atoms with Crippen LogP contribution in [0.4, 0.5) is 16.2 Å². The number of nitro groups is 1. The van der Waals surface area contributed by atoms with Crippen molar-refractivity contribution in [3.63, 3.8) is 0 Å². The van der Waals surface area contributed by atoms with Crippen LogP contribution in [0.5, 0.6) is 0 Å². The van der Waals surface area contributed by atoms with E-state index in [1.807, 2.05) is 19.9 Å². The molecule has 0 saturated carbocycles. The molecule has 1 fully saturated rings. The number of anilines is 1. The highest BCUT2D eigenvalue weighted by Gasteiger charge is 2.36. The first-order valence-corrected chi connectivity index (χ1v) is 11.5. The van der Waals surface area contributed by atoms with Crippen molar-refractivity contribution in [3.05, 3.63) is 85.5 Å². The molecule has 1 saturated heterocycles. The van der Waals surface area contributed by atoms with Crippen molar-refractivity contribution in [1.82, 2.24) is 4.90 Å². The molecule has 2 heterocycles. The van der Waals surface area contributed by atoms with Crippen molar-refractivity contribution >= 4 is 57.9 Å². The molecule has 0 unspecified atom stereocenters. The number of carbonyl (C=O) groups is 3. The highest BCUT2D eigenvalue weighted by molar-refractivity contribution is 8.18. The van der Waals surface area contributed by atoms with Crippen molar-refractivity contribution in [1.29, 1.82) is 0 Å². The molecular formula is C24H18ClN3O6S. The number of nitro benzene ring substituents is 1. The van der Waals surface area contributed by atoms with Gasteiger partial charge in [0, 0.05) is 23.4 Å². The molecule has 0 spiro atoms. The fraction of sp³-hybridized carbons (Fsp3) is 0.125. The molecule has 0 bridgehead atoms. The second-order valence-corrected chi connectivity index (χ2v) is 9.09. The number of carbonyl (C=O) groups excluding carboxylic acids is 3. The van der Waals surface area contributed by atoms with E-state index in [1.165, 1.54) is 18.2 Å². The topological polar surface area (TPSA) is 123 Å². The van der Waals surface area contributed by atoms with Crippen LogP contribution >= 0.6 is 23.4 Å². The number of rotatable bonds is 6. The van der Waals surface area contributed by atoms with E-state index < -0.39 is 28.5 Å². The Hall–Kier alpha value is -3.89. The van der Waals surface area contributed by atoms with Crippen LogP contribution < -0.4 is 5.32 Å². The van der Waals surface area contributed by atoms with Gasteiger partial charge in [-0.1, -0.05) is 23.7 Å². The Balaban J connectivity index is 1.48. The standard InChI is InChI=1S/C24H18ClN3O6S/c1-13-4-3-5-18(14(13)2)26-22(29)12-27-23(30)21(35-24(27)31)11-16-7-9-20(34-16)15-6-8-17(25)19(10-15)28(32)33/h3-11H,12H2,1-2H3,(H,26,29)/b21-11+. The number of nitrogens with zero attached hydrogens (tertiary/aromatic N) is 2. The van der Waals surface area contributed by atoms with E-state index in [-0.39, 0.29) is 21.4 Å². The van der Waals surface area contributed by atoms with Gasteiger partial charge in [0.1, 0.15) is 23.1 Å². The minimum atomic E-state index is -0.615. The van der Waals surface area contributed by atoms with Gasteiger partial charge < -0.3 is 9.73 Å². The van der Waals surface area contributed by atoms with Crippen LogP contribution in [-0.4, -0.2) is 33.4 Å². The van der Waals surface area contributed by atoms with E-state index in [0.29, 0.717) is 28.8 Å². The first-order chi connectivity index (χ1) is 16.6. The van der Waals surface area contributed by atoms with E-state index in [9.17, 15) is 24.5 Å². The predicted octanol–water partition coefficient (Wildman–Crippen LogP) is 5.80. The van der Waals surface area contributed by atoms with Crippen LogP contribution in [0.15, 0.2) is 57.9 Å². The van der Waals surface area contributed by atoms with Gasteiger partial charge in [0.2, 0.25) is 5.91 Å². The number of hydrogen-bond acceptors (Lipinski definition) is 7. The molecule has 0 radical (unpaired) electrons. The zero-order valence-electron chi connectivity index (χ0n) is 18.5. The van der Waals surface area contributed by atoms with Gasteiger partial charge in [-0.3, -0.25) is 29.4 Å². The van der Waals surface area contributed by atoms with Crippen LogP contribution in [0, 0.1) is 24.0 Å². The molecule has 3 amide bonds. The van der Waals surface area contributed by atoms with Gasteiger partial charge in [-0.15, -0.1) is 0 Å². The van der Waals surface area contributed by atoms with E-state index in [4.69, 9.17) is 16.0 Å². The van der Waals surface area contributed by atoms with Gasteiger partial charge >= 0.3 is 0 Å².